The van der Waals surface area contributed by atoms with Gasteiger partial charge in [-0.05, 0) is 52.8 Å². The Morgan fingerprint density at radius 1 is 1.17 bits per heavy atom. The van der Waals surface area contributed by atoms with Crippen molar-refractivity contribution in [3.8, 4) is 5.75 Å². The second-order valence-electron chi connectivity index (χ2n) is 5.25. The number of methoxy groups -OCH3 is 1. The molecule has 0 aliphatic heterocycles. The molecule has 1 aliphatic rings. The lowest BCUT2D eigenvalue weighted by atomic mass is 10.0. The summed E-state index contributed by atoms with van der Waals surface area (Å²) >= 11 is 6.53. The molecule has 3 unspecified atom stereocenters. The normalized spacial score (nSPS) is 23.9. The number of benzene rings is 2. The molecule has 1 nitrogen and oxygen atoms in total. The number of hydrogen-bond acceptors (Lipinski definition) is 1. The topological polar surface area (TPSA) is 9.23 Å². The highest BCUT2D eigenvalue weighted by Crippen LogP contribution is 2.50. The van der Waals surface area contributed by atoms with Gasteiger partial charge >= 0.3 is 0 Å². The zero-order valence-electron chi connectivity index (χ0n) is 10.7. The molecule has 3 rings (SSSR count). The molecule has 0 radical (unpaired) electrons. The summed E-state index contributed by atoms with van der Waals surface area (Å²) in [5.41, 5.74) is 1.24. The summed E-state index contributed by atoms with van der Waals surface area (Å²) < 4.78 is 5.24. The Balaban J connectivity index is 1.96. The van der Waals surface area contributed by atoms with Crippen LogP contribution in [-0.2, 0) is 0 Å². The van der Waals surface area contributed by atoms with Gasteiger partial charge in [-0.2, -0.15) is 0 Å². The smallest absolute Gasteiger partial charge is 0.119 e. The van der Waals surface area contributed by atoms with Gasteiger partial charge in [0, 0.05) is 0 Å². The molecule has 2 heteroatoms. The van der Waals surface area contributed by atoms with Gasteiger partial charge in [0.25, 0.3) is 0 Å². The average Bonchev–Trinajstić information content (AvgIpc) is 3.13. The first-order chi connectivity index (χ1) is 8.69. The van der Waals surface area contributed by atoms with Crippen molar-refractivity contribution in [2.24, 2.45) is 11.8 Å². The Hall–Kier alpha value is -1.21. The van der Waals surface area contributed by atoms with Gasteiger partial charge in [0.1, 0.15) is 5.75 Å². The molecule has 0 saturated heterocycles. The molecule has 0 bridgehead atoms. The third-order valence-corrected chi connectivity index (χ3v) is 4.51. The molecule has 2 aromatic rings. The summed E-state index contributed by atoms with van der Waals surface area (Å²) in [6.45, 7) is 2.27. The highest BCUT2D eigenvalue weighted by Gasteiger charge is 2.39. The SMILES string of the molecule is COc1ccc2cc(C(Cl)C3CC3C)ccc2c1. The van der Waals surface area contributed by atoms with Gasteiger partial charge in [-0.1, -0.05) is 25.1 Å². The van der Waals surface area contributed by atoms with E-state index in [9.17, 15) is 0 Å². The summed E-state index contributed by atoms with van der Waals surface area (Å²) in [4.78, 5) is 0. The minimum absolute atomic E-state index is 0.159. The van der Waals surface area contributed by atoms with Crippen molar-refractivity contribution in [2.45, 2.75) is 18.7 Å². The first-order valence-corrected chi connectivity index (χ1v) is 6.84. The van der Waals surface area contributed by atoms with Gasteiger partial charge < -0.3 is 4.74 Å². The molecular formula is C16H17ClO. The summed E-state index contributed by atoms with van der Waals surface area (Å²) in [5.74, 6) is 2.33. The van der Waals surface area contributed by atoms with Crippen molar-refractivity contribution < 1.29 is 4.74 Å². The lowest BCUT2D eigenvalue weighted by Gasteiger charge is -2.10. The Labute approximate surface area is 113 Å². The summed E-state index contributed by atoms with van der Waals surface area (Å²) in [6.07, 6.45) is 1.26. The maximum Gasteiger partial charge on any atom is 0.119 e. The molecule has 18 heavy (non-hydrogen) atoms. The fourth-order valence-electron chi connectivity index (χ4n) is 2.55. The van der Waals surface area contributed by atoms with Crippen molar-refractivity contribution in [2.75, 3.05) is 7.11 Å². The monoisotopic (exact) mass is 260 g/mol. The van der Waals surface area contributed by atoms with E-state index in [0.717, 1.165) is 11.7 Å². The van der Waals surface area contributed by atoms with Crippen LogP contribution in [0, 0.1) is 11.8 Å². The molecule has 1 fully saturated rings. The maximum absolute atomic E-state index is 6.53. The van der Waals surface area contributed by atoms with Crippen LogP contribution in [0.4, 0.5) is 0 Å². The van der Waals surface area contributed by atoms with E-state index in [0.29, 0.717) is 5.92 Å². The minimum atomic E-state index is 0.159. The third kappa shape index (κ3) is 2.08. The summed E-state index contributed by atoms with van der Waals surface area (Å²) in [6, 6.07) is 12.6. The zero-order chi connectivity index (χ0) is 12.7. The number of rotatable bonds is 3. The second-order valence-corrected chi connectivity index (χ2v) is 5.72. The fourth-order valence-corrected chi connectivity index (χ4v) is 3.03. The van der Waals surface area contributed by atoms with Crippen LogP contribution in [-0.4, -0.2) is 7.11 Å². The quantitative estimate of drug-likeness (QED) is 0.722. The summed E-state index contributed by atoms with van der Waals surface area (Å²) in [5, 5.41) is 2.59. The number of hydrogen-bond donors (Lipinski definition) is 0. The molecule has 0 spiro atoms. The molecule has 0 heterocycles. The third-order valence-electron chi connectivity index (χ3n) is 3.94. The number of ether oxygens (including phenoxy) is 1. The van der Waals surface area contributed by atoms with Gasteiger partial charge in [0.15, 0.2) is 0 Å². The van der Waals surface area contributed by atoms with Crippen LogP contribution in [0.15, 0.2) is 36.4 Å². The standard InChI is InChI=1S/C16H17ClO/c1-10-7-15(10)16(17)13-4-3-12-9-14(18-2)6-5-11(12)8-13/h3-6,8-10,15-16H,7H2,1-2H3. The molecule has 0 aromatic heterocycles. The number of halogens is 1. The van der Waals surface area contributed by atoms with Gasteiger partial charge in [0.2, 0.25) is 0 Å². The van der Waals surface area contributed by atoms with E-state index in [4.69, 9.17) is 16.3 Å². The highest BCUT2D eigenvalue weighted by molar-refractivity contribution is 6.21. The zero-order valence-corrected chi connectivity index (χ0v) is 11.4. The minimum Gasteiger partial charge on any atom is -0.497 e. The highest BCUT2D eigenvalue weighted by atomic mass is 35.5. The van der Waals surface area contributed by atoms with Crippen LogP contribution in [0.1, 0.15) is 24.3 Å². The molecule has 94 valence electrons. The van der Waals surface area contributed by atoms with Crippen LogP contribution in [0.5, 0.6) is 5.75 Å². The predicted octanol–water partition coefficient (Wildman–Crippen LogP) is 4.78. The van der Waals surface area contributed by atoms with Gasteiger partial charge in [-0.15, -0.1) is 11.6 Å². The Morgan fingerprint density at radius 2 is 1.83 bits per heavy atom. The summed E-state index contributed by atoms with van der Waals surface area (Å²) in [7, 11) is 1.69. The second kappa shape index (κ2) is 4.47. The first-order valence-electron chi connectivity index (χ1n) is 6.41. The maximum atomic E-state index is 6.53. The first kappa shape index (κ1) is 11.9. The Morgan fingerprint density at radius 3 is 2.50 bits per heavy atom. The van der Waals surface area contributed by atoms with Gasteiger partial charge in [-0.3, -0.25) is 0 Å². The largest absolute Gasteiger partial charge is 0.497 e. The average molecular weight is 261 g/mol. The van der Waals surface area contributed by atoms with Crippen molar-refractivity contribution in [1.82, 2.24) is 0 Å². The van der Waals surface area contributed by atoms with Crippen LogP contribution >= 0.6 is 11.6 Å². The van der Waals surface area contributed by atoms with E-state index >= 15 is 0 Å². The molecular weight excluding hydrogens is 244 g/mol. The van der Waals surface area contributed by atoms with E-state index in [1.807, 2.05) is 6.07 Å². The van der Waals surface area contributed by atoms with Crippen LogP contribution < -0.4 is 4.74 Å². The van der Waals surface area contributed by atoms with Crippen molar-refractivity contribution in [1.29, 1.82) is 0 Å². The van der Waals surface area contributed by atoms with Crippen molar-refractivity contribution in [3.63, 3.8) is 0 Å². The lowest BCUT2D eigenvalue weighted by molar-refractivity contribution is 0.415. The van der Waals surface area contributed by atoms with E-state index in [-0.39, 0.29) is 5.38 Å². The lowest BCUT2D eigenvalue weighted by Crippen LogP contribution is -1.94. The molecule has 1 aliphatic carbocycles. The molecule has 3 atom stereocenters. The van der Waals surface area contributed by atoms with Crippen LogP contribution in [0.3, 0.4) is 0 Å². The van der Waals surface area contributed by atoms with Crippen molar-refractivity contribution in [3.05, 3.63) is 42.0 Å². The van der Waals surface area contributed by atoms with Gasteiger partial charge in [-0.25, -0.2) is 0 Å². The van der Waals surface area contributed by atoms with Crippen LogP contribution in [0.25, 0.3) is 10.8 Å². The van der Waals surface area contributed by atoms with E-state index < -0.39 is 0 Å². The van der Waals surface area contributed by atoms with Crippen LogP contribution in [0.2, 0.25) is 0 Å². The predicted molar refractivity (Wildman–Crippen MR) is 76.4 cm³/mol. The van der Waals surface area contributed by atoms with E-state index in [1.165, 1.54) is 22.8 Å². The molecule has 2 aromatic carbocycles. The van der Waals surface area contributed by atoms with E-state index in [2.05, 4.69) is 37.3 Å². The number of alkyl halides is 1. The van der Waals surface area contributed by atoms with Gasteiger partial charge in [0.05, 0.1) is 12.5 Å². The molecule has 0 N–H and O–H groups in total. The molecule has 0 amide bonds. The number of fused-ring (bicyclic) bond motifs is 1. The fraction of sp³-hybridized carbons (Fsp3) is 0.375. The Kier molecular flexibility index (Phi) is 2.95. The molecule has 1 saturated carbocycles. The van der Waals surface area contributed by atoms with Crippen molar-refractivity contribution >= 4 is 22.4 Å². The Bertz CT molecular complexity index is 578. The van der Waals surface area contributed by atoms with E-state index in [1.54, 1.807) is 7.11 Å².